The van der Waals surface area contributed by atoms with Crippen LogP contribution in [0.15, 0.2) is 47.2 Å². The number of unbranched alkanes of at least 4 members (excludes halogenated alkanes) is 1. The number of carbonyl (C=O) groups excluding carboxylic acids is 1. The molecule has 1 aliphatic carbocycles. The molecule has 3 nitrogen and oxygen atoms in total. The average Bonchev–Trinajstić information content (AvgIpc) is 3.20. The highest BCUT2D eigenvalue weighted by Gasteiger charge is 2.68. The summed E-state index contributed by atoms with van der Waals surface area (Å²) in [5.41, 5.74) is 6.47. The normalized spacial score (nSPS) is 38.2. The molecule has 26 heavy (non-hydrogen) atoms. The van der Waals surface area contributed by atoms with Gasteiger partial charge in [-0.05, 0) is 30.5 Å². The summed E-state index contributed by atoms with van der Waals surface area (Å²) < 4.78 is 1.23. The molecule has 3 aliphatic heterocycles. The van der Waals surface area contributed by atoms with Gasteiger partial charge in [0.2, 0.25) is 0 Å². The van der Waals surface area contributed by atoms with E-state index in [-0.39, 0.29) is 5.41 Å². The van der Waals surface area contributed by atoms with Crippen LogP contribution in [0.5, 0.6) is 0 Å². The van der Waals surface area contributed by atoms with E-state index in [0.29, 0.717) is 12.0 Å². The molecular formula is C23H29N2O+. The maximum absolute atomic E-state index is 12.2. The maximum atomic E-state index is 12.2. The van der Waals surface area contributed by atoms with Gasteiger partial charge in [0.25, 0.3) is 0 Å². The lowest BCUT2D eigenvalue weighted by Crippen LogP contribution is -2.63. The summed E-state index contributed by atoms with van der Waals surface area (Å²) in [6.45, 7) is 8.12. The fourth-order valence-electron chi connectivity index (χ4n) is 6.70. The third-order valence-corrected chi connectivity index (χ3v) is 7.82. The Hall–Kier alpha value is -1.87. The van der Waals surface area contributed by atoms with Crippen molar-refractivity contribution in [2.24, 2.45) is 5.92 Å². The van der Waals surface area contributed by atoms with Crippen molar-refractivity contribution in [1.82, 2.24) is 0 Å². The lowest BCUT2D eigenvalue weighted by atomic mass is 9.61. The van der Waals surface area contributed by atoms with Crippen molar-refractivity contribution < 1.29 is 9.28 Å². The fraction of sp³-hybridized carbons (Fsp3) is 0.522. The molecule has 1 aromatic rings. The average molecular weight is 349 g/mol. The highest BCUT2D eigenvalue weighted by molar-refractivity contribution is 5.84. The van der Waals surface area contributed by atoms with Crippen molar-refractivity contribution in [2.75, 3.05) is 25.0 Å². The lowest BCUT2D eigenvalue weighted by molar-refractivity contribution is -0.941. The zero-order valence-corrected chi connectivity index (χ0v) is 15.9. The highest BCUT2D eigenvalue weighted by atomic mass is 16.1. The standard InChI is InChI=1S/C23H28N2O/c1-3-5-11-25-12-10-23-19-8-6-7-9-20(19)24-22(23)18(15-26)17(13-21(23)25)16(4-2)14-25/h4,6-9,15,17,21H,3,5,10-14H2,1-2H3/p+1/b16-4+/t17-,21+,23-,25-/m0/s1. The number of carbonyl (C=O) groups is 1. The quantitative estimate of drug-likeness (QED) is 0.502. The minimum atomic E-state index is 0.0380. The number of nitrogens with zero attached hydrogens (tertiary/aromatic N) is 1. The smallest absolute Gasteiger partial charge is 0.148 e. The number of aldehydes is 1. The van der Waals surface area contributed by atoms with Crippen molar-refractivity contribution in [1.29, 1.82) is 0 Å². The minimum Gasteiger partial charge on any atom is -0.357 e. The van der Waals surface area contributed by atoms with Crippen molar-refractivity contribution in [2.45, 2.75) is 51.0 Å². The Kier molecular flexibility index (Phi) is 3.49. The van der Waals surface area contributed by atoms with Gasteiger partial charge < -0.3 is 9.80 Å². The topological polar surface area (TPSA) is 29.1 Å². The van der Waals surface area contributed by atoms with Gasteiger partial charge in [0.15, 0.2) is 0 Å². The summed E-state index contributed by atoms with van der Waals surface area (Å²) in [5, 5.41) is 3.71. The summed E-state index contributed by atoms with van der Waals surface area (Å²) >= 11 is 0. The van der Waals surface area contributed by atoms with E-state index in [1.54, 1.807) is 0 Å². The second-order valence-corrected chi connectivity index (χ2v) is 8.69. The molecule has 0 saturated carbocycles. The molecule has 1 aromatic carbocycles. The first-order chi connectivity index (χ1) is 12.7. The van der Waals surface area contributed by atoms with Crippen LogP contribution in [0.1, 0.15) is 45.1 Å². The van der Waals surface area contributed by atoms with E-state index in [2.05, 4.69) is 49.5 Å². The molecule has 0 radical (unpaired) electrons. The lowest BCUT2D eigenvalue weighted by Gasteiger charge is -2.53. The molecular weight excluding hydrogens is 320 g/mol. The van der Waals surface area contributed by atoms with E-state index in [1.165, 1.54) is 59.4 Å². The number of hydrogen-bond acceptors (Lipinski definition) is 2. The van der Waals surface area contributed by atoms with Gasteiger partial charge >= 0.3 is 0 Å². The van der Waals surface area contributed by atoms with Crippen LogP contribution in [0.2, 0.25) is 0 Å². The van der Waals surface area contributed by atoms with Crippen LogP contribution in [0, 0.1) is 5.92 Å². The van der Waals surface area contributed by atoms with Gasteiger partial charge in [-0.2, -0.15) is 0 Å². The Balaban J connectivity index is 1.76. The molecule has 1 spiro atoms. The largest absolute Gasteiger partial charge is 0.357 e. The van der Waals surface area contributed by atoms with Crippen LogP contribution < -0.4 is 5.32 Å². The Bertz CT molecular complexity index is 838. The predicted molar refractivity (Wildman–Crippen MR) is 105 cm³/mol. The molecule has 3 heteroatoms. The first-order valence-corrected chi connectivity index (χ1v) is 10.3. The van der Waals surface area contributed by atoms with Crippen LogP contribution in [0.3, 0.4) is 0 Å². The first-order valence-electron chi connectivity index (χ1n) is 10.3. The highest BCUT2D eigenvalue weighted by Crippen LogP contribution is 2.63. The minimum absolute atomic E-state index is 0.0380. The molecule has 0 aromatic heterocycles. The summed E-state index contributed by atoms with van der Waals surface area (Å²) in [7, 11) is 0. The zero-order chi connectivity index (χ0) is 17.9. The molecule has 2 fully saturated rings. The van der Waals surface area contributed by atoms with Crippen LogP contribution in [-0.2, 0) is 10.2 Å². The van der Waals surface area contributed by atoms with Gasteiger partial charge in [0.05, 0.1) is 18.5 Å². The molecule has 5 rings (SSSR count). The number of hydrogen-bond donors (Lipinski definition) is 1. The summed E-state index contributed by atoms with van der Waals surface area (Å²) in [4.78, 5) is 12.2. The Morgan fingerprint density at radius 2 is 2.19 bits per heavy atom. The van der Waals surface area contributed by atoms with Crippen molar-refractivity contribution in [3.8, 4) is 0 Å². The number of fused-ring (bicyclic) bond motifs is 2. The van der Waals surface area contributed by atoms with Gasteiger partial charge in [-0.25, -0.2) is 0 Å². The molecule has 0 amide bonds. The van der Waals surface area contributed by atoms with Crippen molar-refractivity contribution in [3.05, 3.63) is 52.7 Å². The van der Waals surface area contributed by atoms with E-state index in [4.69, 9.17) is 0 Å². The maximum Gasteiger partial charge on any atom is 0.148 e. The van der Waals surface area contributed by atoms with Crippen LogP contribution in [0.25, 0.3) is 0 Å². The number of benzene rings is 1. The van der Waals surface area contributed by atoms with Crippen molar-refractivity contribution >= 4 is 12.0 Å². The predicted octanol–water partition coefficient (Wildman–Crippen LogP) is 4.17. The molecule has 2 bridgehead atoms. The molecule has 1 N–H and O–H groups in total. The van der Waals surface area contributed by atoms with Gasteiger partial charge in [0, 0.05) is 35.7 Å². The summed E-state index contributed by atoms with van der Waals surface area (Å²) in [6, 6.07) is 9.39. The molecule has 136 valence electrons. The van der Waals surface area contributed by atoms with E-state index < -0.39 is 0 Å². The number of para-hydroxylation sites is 1. The van der Waals surface area contributed by atoms with Gasteiger partial charge in [-0.1, -0.05) is 37.6 Å². The third-order valence-electron chi connectivity index (χ3n) is 7.82. The van der Waals surface area contributed by atoms with E-state index in [0.717, 1.165) is 24.8 Å². The number of piperidine rings is 1. The number of anilines is 1. The molecule has 4 atom stereocenters. The Morgan fingerprint density at radius 1 is 1.35 bits per heavy atom. The number of allylic oxidation sites excluding steroid dienone is 2. The molecule has 3 heterocycles. The molecule has 0 unspecified atom stereocenters. The SMILES string of the molecule is C/C=C1\C[N@+]2(CCCC)CC[C@@]34C(=C(C=O)[C@H]1C[C@H]32)Nc1ccccc14. The van der Waals surface area contributed by atoms with Crippen LogP contribution in [-0.4, -0.2) is 36.4 Å². The fourth-order valence-corrected chi connectivity index (χ4v) is 6.70. The monoisotopic (exact) mass is 349 g/mol. The Labute approximate surface area is 156 Å². The Morgan fingerprint density at radius 3 is 2.96 bits per heavy atom. The number of rotatable bonds is 4. The van der Waals surface area contributed by atoms with Gasteiger partial charge in [-0.15, -0.1) is 0 Å². The van der Waals surface area contributed by atoms with Gasteiger partial charge in [-0.3, -0.25) is 4.79 Å². The number of quaternary nitrogens is 1. The third kappa shape index (κ3) is 1.80. The first kappa shape index (κ1) is 16.3. The van der Waals surface area contributed by atoms with Crippen molar-refractivity contribution in [3.63, 3.8) is 0 Å². The number of nitrogens with one attached hydrogen (secondary N) is 1. The second-order valence-electron chi connectivity index (χ2n) is 8.69. The van der Waals surface area contributed by atoms with Gasteiger partial charge in [0.1, 0.15) is 18.9 Å². The van der Waals surface area contributed by atoms with E-state index in [9.17, 15) is 4.79 Å². The van der Waals surface area contributed by atoms with E-state index in [1.807, 2.05) is 0 Å². The van der Waals surface area contributed by atoms with E-state index >= 15 is 0 Å². The van der Waals surface area contributed by atoms with Crippen LogP contribution in [0.4, 0.5) is 5.69 Å². The summed E-state index contributed by atoms with van der Waals surface area (Å²) in [6.07, 6.45) is 8.31. The molecule has 4 aliphatic rings. The second kappa shape index (κ2) is 5.56. The zero-order valence-electron chi connectivity index (χ0n) is 15.9. The molecule has 2 saturated heterocycles. The van der Waals surface area contributed by atoms with Crippen LogP contribution >= 0.6 is 0 Å². The summed E-state index contributed by atoms with van der Waals surface area (Å²) in [5.74, 6) is 0.318.